The molecule has 90 valence electrons. The maximum Gasteiger partial charge on any atom is 0.192 e. The molecule has 0 spiro atoms. The topological polar surface area (TPSA) is 41.6 Å². The van der Waals surface area contributed by atoms with Gasteiger partial charge in [-0.05, 0) is 37.0 Å². The fourth-order valence-corrected chi connectivity index (χ4v) is 3.21. The van der Waals surface area contributed by atoms with E-state index in [1.165, 1.54) is 24.0 Å². The van der Waals surface area contributed by atoms with Crippen LogP contribution in [0.1, 0.15) is 30.0 Å². The van der Waals surface area contributed by atoms with Gasteiger partial charge in [-0.15, -0.1) is 0 Å². The Morgan fingerprint density at radius 1 is 1.41 bits per heavy atom. The molecule has 1 aromatic carbocycles. The molecule has 17 heavy (non-hydrogen) atoms. The van der Waals surface area contributed by atoms with Crippen LogP contribution in [0.25, 0.3) is 0 Å². The third-order valence-electron chi connectivity index (χ3n) is 3.48. The summed E-state index contributed by atoms with van der Waals surface area (Å²) in [6.07, 6.45) is 2.49. The van der Waals surface area contributed by atoms with E-state index in [9.17, 15) is 0 Å². The first-order valence-corrected chi connectivity index (χ1v) is 6.80. The Hall–Kier alpha value is -1.03. The normalized spacial score (nSPS) is 24.0. The lowest BCUT2D eigenvalue weighted by molar-refractivity contribution is 0.337. The minimum absolute atomic E-state index is 0.317. The van der Waals surface area contributed by atoms with Crippen molar-refractivity contribution in [3.8, 4) is 0 Å². The Morgan fingerprint density at radius 3 is 2.82 bits per heavy atom. The zero-order chi connectivity index (χ0) is 12.0. The molecule has 0 aromatic heterocycles. The Morgan fingerprint density at radius 2 is 2.18 bits per heavy atom. The van der Waals surface area contributed by atoms with Gasteiger partial charge in [0.05, 0.1) is 12.6 Å². The lowest BCUT2D eigenvalue weighted by Gasteiger charge is -2.27. The molecule has 0 radical (unpaired) electrons. The van der Waals surface area contributed by atoms with Gasteiger partial charge in [-0.3, -0.25) is 4.99 Å². The van der Waals surface area contributed by atoms with Gasteiger partial charge in [0.1, 0.15) is 0 Å². The number of rotatable bonds is 2. The van der Waals surface area contributed by atoms with Gasteiger partial charge in [-0.2, -0.15) is 0 Å². The molecule has 1 aliphatic carbocycles. The number of aryl methyl sites for hydroxylation is 1. The van der Waals surface area contributed by atoms with Crippen LogP contribution in [-0.4, -0.2) is 23.4 Å². The number of nitrogens with zero attached hydrogens (tertiary/aromatic N) is 2. The van der Waals surface area contributed by atoms with Crippen LogP contribution in [0.4, 0.5) is 0 Å². The predicted molar refractivity (Wildman–Crippen MR) is 73.0 cm³/mol. The van der Waals surface area contributed by atoms with E-state index in [1.54, 1.807) is 0 Å². The van der Waals surface area contributed by atoms with Crippen LogP contribution < -0.4 is 5.73 Å². The van der Waals surface area contributed by atoms with E-state index in [2.05, 4.69) is 50.9 Å². The maximum atomic E-state index is 5.99. The summed E-state index contributed by atoms with van der Waals surface area (Å²) in [6, 6.07) is 7.43. The molecular weight excluding hydrogens is 278 g/mol. The number of halogens is 1. The van der Waals surface area contributed by atoms with Crippen molar-refractivity contribution in [1.29, 1.82) is 0 Å². The number of nitrogens with two attached hydrogens (primary N) is 1. The van der Waals surface area contributed by atoms with E-state index in [4.69, 9.17) is 5.73 Å². The van der Waals surface area contributed by atoms with Crippen molar-refractivity contribution >= 4 is 21.9 Å². The Kier molecular flexibility index (Phi) is 2.62. The Bertz CT molecular complexity index is 480. The highest BCUT2D eigenvalue weighted by Gasteiger charge is 2.39. The maximum absolute atomic E-state index is 5.99. The fraction of sp³-hybridized carbons (Fsp3) is 0.462. The van der Waals surface area contributed by atoms with Gasteiger partial charge in [0.15, 0.2) is 5.96 Å². The molecule has 1 fully saturated rings. The van der Waals surface area contributed by atoms with E-state index in [0.717, 1.165) is 11.0 Å². The monoisotopic (exact) mass is 293 g/mol. The van der Waals surface area contributed by atoms with Gasteiger partial charge < -0.3 is 10.6 Å². The van der Waals surface area contributed by atoms with Crippen LogP contribution in [-0.2, 0) is 0 Å². The molecule has 1 saturated carbocycles. The minimum Gasteiger partial charge on any atom is -0.370 e. The lowest BCUT2D eigenvalue weighted by Crippen LogP contribution is -2.37. The first kappa shape index (κ1) is 11.1. The lowest BCUT2D eigenvalue weighted by atomic mass is 10.0. The highest BCUT2D eigenvalue weighted by molar-refractivity contribution is 9.10. The van der Waals surface area contributed by atoms with Crippen molar-refractivity contribution < 1.29 is 0 Å². The molecule has 3 rings (SSSR count). The molecule has 3 nitrogen and oxygen atoms in total. The number of guanidine groups is 1. The first-order chi connectivity index (χ1) is 8.16. The number of aliphatic imine (C=N–C) groups is 1. The molecule has 1 heterocycles. The fourth-order valence-electron chi connectivity index (χ4n) is 2.45. The standard InChI is InChI=1S/C13H16BrN3/c1-8-2-5-10(11(14)6-8)12-7-16-13(15)17(12)9-3-4-9/h2,5-6,9,12H,3-4,7H2,1H3,(H2,15,16). The second-order valence-corrected chi connectivity index (χ2v) is 5.73. The van der Waals surface area contributed by atoms with Crippen molar-refractivity contribution in [3.05, 3.63) is 33.8 Å². The summed E-state index contributed by atoms with van der Waals surface area (Å²) in [7, 11) is 0. The molecule has 1 aliphatic heterocycles. The van der Waals surface area contributed by atoms with Crippen LogP contribution in [0.15, 0.2) is 27.7 Å². The molecule has 1 aromatic rings. The first-order valence-electron chi connectivity index (χ1n) is 6.01. The van der Waals surface area contributed by atoms with Crippen molar-refractivity contribution in [2.45, 2.75) is 31.8 Å². The molecule has 1 atom stereocenters. The van der Waals surface area contributed by atoms with Crippen LogP contribution in [0, 0.1) is 6.92 Å². The van der Waals surface area contributed by atoms with Gasteiger partial charge in [0, 0.05) is 10.5 Å². The van der Waals surface area contributed by atoms with Gasteiger partial charge in [-0.25, -0.2) is 0 Å². The molecule has 1 unspecified atom stereocenters. The third-order valence-corrected chi connectivity index (χ3v) is 4.17. The molecule has 0 amide bonds. The van der Waals surface area contributed by atoms with E-state index in [1.807, 2.05) is 0 Å². The van der Waals surface area contributed by atoms with Crippen molar-refractivity contribution in [3.63, 3.8) is 0 Å². The minimum atomic E-state index is 0.317. The quantitative estimate of drug-likeness (QED) is 0.911. The average Bonchev–Trinajstić information content (AvgIpc) is 3.03. The SMILES string of the molecule is Cc1ccc(C2CN=C(N)N2C2CC2)c(Br)c1. The molecule has 0 bridgehead atoms. The highest BCUT2D eigenvalue weighted by Crippen LogP contribution is 2.39. The summed E-state index contributed by atoms with van der Waals surface area (Å²) in [5, 5.41) is 0. The van der Waals surface area contributed by atoms with Crippen molar-refractivity contribution in [2.75, 3.05) is 6.54 Å². The largest absolute Gasteiger partial charge is 0.370 e. The summed E-state index contributed by atoms with van der Waals surface area (Å²) in [4.78, 5) is 6.69. The van der Waals surface area contributed by atoms with Gasteiger partial charge in [0.25, 0.3) is 0 Å². The zero-order valence-electron chi connectivity index (χ0n) is 9.86. The van der Waals surface area contributed by atoms with Gasteiger partial charge in [-0.1, -0.05) is 28.1 Å². The Labute approximate surface area is 110 Å². The summed E-state index contributed by atoms with van der Waals surface area (Å²) >= 11 is 3.66. The molecule has 2 aliphatic rings. The molecular formula is C13H16BrN3. The second-order valence-electron chi connectivity index (χ2n) is 4.88. The zero-order valence-corrected chi connectivity index (χ0v) is 11.4. The third kappa shape index (κ3) is 1.95. The van der Waals surface area contributed by atoms with Crippen LogP contribution in [0.5, 0.6) is 0 Å². The van der Waals surface area contributed by atoms with E-state index in [-0.39, 0.29) is 0 Å². The summed E-state index contributed by atoms with van der Waals surface area (Å²) in [5.74, 6) is 0.713. The van der Waals surface area contributed by atoms with E-state index < -0.39 is 0 Å². The number of hydrogen-bond acceptors (Lipinski definition) is 3. The smallest absolute Gasteiger partial charge is 0.192 e. The van der Waals surface area contributed by atoms with Crippen LogP contribution in [0.3, 0.4) is 0 Å². The second kappa shape index (κ2) is 4.02. The number of hydrogen-bond donors (Lipinski definition) is 1. The highest BCUT2D eigenvalue weighted by atomic mass is 79.9. The Balaban J connectivity index is 1.93. The van der Waals surface area contributed by atoms with Crippen LogP contribution in [0.2, 0.25) is 0 Å². The predicted octanol–water partition coefficient (Wildman–Crippen LogP) is 2.59. The molecule has 0 saturated heterocycles. The van der Waals surface area contributed by atoms with Gasteiger partial charge >= 0.3 is 0 Å². The summed E-state index contributed by atoms with van der Waals surface area (Å²) < 4.78 is 1.16. The summed E-state index contributed by atoms with van der Waals surface area (Å²) in [6.45, 7) is 2.89. The number of benzene rings is 1. The van der Waals surface area contributed by atoms with Crippen molar-refractivity contribution in [1.82, 2.24) is 4.90 Å². The van der Waals surface area contributed by atoms with Gasteiger partial charge in [0.2, 0.25) is 0 Å². The molecule has 4 heteroatoms. The van der Waals surface area contributed by atoms with E-state index in [0.29, 0.717) is 18.0 Å². The van der Waals surface area contributed by atoms with Crippen molar-refractivity contribution in [2.24, 2.45) is 10.7 Å². The van der Waals surface area contributed by atoms with Crippen LogP contribution >= 0.6 is 15.9 Å². The average molecular weight is 294 g/mol. The molecule has 2 N–H and O–H groups in total. The summed E-state index contributed by atoms with van der Waals surface area (Å²) in [5.41, 5.74) is 8.56. The van der Waals surface area contributed by atoms with E-state index >= 15 is 0 Å².